The van der Waals surface area contributed by atoms with Crippen LogP contribution in [0.2, 0.25) is 0 Å². The molecule has 0 saturated heterocycles. The standard InChI is InChI=1S/C21H24N2O4/c1-14(15-7-11-18(12-8-15)27-13-19(24)25)22-23-20(26)16-5-9-17(10-6-16)21(2,3)4/h5-12H,13H2,1-4H3,(H,23,26)(H,24,25)/p-1/b22-14-. The molecular weight excluding hydrogens is 344 g/mol. The fraction of sp³-hybridized carbons (Fsp3) is 0.286. The van der Waals surface area contributed by atoms with Gasteiger partial charge < -0.3 is 14.6 Å². The molecule has 6 heteroatoms. The molecule has 1 amide bonds. The van der Waals surface area contributed by atoms with Crippen molar-refractivity contribution in [3.05, 3.63) is 65.2 Å². The lowest BCUT2D eigenvalue weighted by atomic mass is 9.87. The second-order valence-corrected chi connectivity index (χ2v) is 7.15. The average Bonchev–Trinajstić information content (AvgIpc) is 2.64. The van der Waals surface area contributed by atoms with E-state index in [0.29, 0.717) is 17.0 Å². The zero-order valence-corrected chi connectivity index (χ0v) is 15.9. The number of rotatable bonds is 6. The van der Waals surface area contributed by atoms with Crippen LogP contribution in [0.4, 0.5) is 0 Å². The molecule has 2 aromatic carbocycles. The molecule has 6 nitrogen and oxygen atoms in total. The van der Waals surface area contributed by atoms with E-state index < -0.39 is 12.6 Å². The molecule has 2 aromatic rings. The lowest BCUT2D eigenvalue weighted by molar-refractivity contribution is -0.307. The number of hydrogen-bond acceptors (Lipinski definition) is 5. The third-order valence-electron chi connectivity index (χ3n) is 3.97. The van der Waals surface area contributed by atoms with Crippen molar-refractivity contribution in [3.8, 4) is 5.75 Å². The predicted octanol–water partition coefficient (Wildman–Crippen LogP) is 2.27. The summed E-state index contributed by atoms with van der Waals surface area (Å²) in [4.78, 5) is 22.6. The number of carbonyl (C=O) groups excluding carboxylic acids is 2. The van der Waals surface area contributed by atoms with Gasteiger partial charge in [0, 0.05) is 5.56 Å². The summed E-state index contributed by atoms with van der Waals surface area (Å²) >= 11 is 0. The normalized spacial score (nSPS) is 11.8. The van der Waals surface area contributed by atoms with Gasteiger partial charge in [-0.2, -0.15) is 5.10 Å². The van der Waals surface area contributed by atoms with Crippen molar-refractivity contribution in [2.75, 3.05) is 6.61 Å². The molecular formula is C21H23N2O4-. The van der Waals surface area contributed by atoms with Crippen molar-refractivity contribution in [2.45, 2.75) is 33.1 Å². The van der Waals surface area contributed by atoms with Crippen molar-refractivity contribution in [1.82, 2.24) is 5.43 Å². The van der Waals surface area contributed by atoms with Crippen LogP contribution in [0.1, 0.15) is 49.2 Å². The molecule has 0 bridgehead atoms. The first-order valence-corrected chi connectivity index (χ1v) is 8.55. The van der Waals surface area contributed by atoms with Crippen molar-refractivity contribution >= 4 is 17.6 Å². The smallest absolute Gasteiger partial charge is 0.271 e. The Hall–Kier alpha value is -3.15. The molecule has 1 N–H and O–H groups in total. The summed E-state index contributed by atoms with van der Waals surface area (Å²) in [7, 11) is 0. The number of ether oxygens (including phenoxy) is 1. The highest BCUT2D eigenvalue weighted by Crippen LogP contribution is 2.22. The molecule has 0 aliphatic rings. The lowest BCUT2D eigenvalue weighted by Gasteiger charge is -2.18. The topological polar surface area (TPSA) is 90.8 Å². The molecule has 0 aliphatic carbocycles. The monoisotopic (exact) mass is 367 g/mol. The number of nitrogens with zero attached hydrogens (tertiary/aromatic N) is 1. The van der Waals surface area contributed by atoms with E-state index in [9.17, 15) is 14.7 Å². The van der Waals surface area contributed by atoms with Gasteiger partial charge in [-0.3, -0.25) is 4.79 Å². The van der Waals surface area contributed by atoms with Gasteiger partial charge in [-0.1, -0.05) is 32.9 Å². The zero-order valence-electron chi connectivity index (χ0n) is 15.9. The second-order valence-electron chi connectivity index (χ2n) is 7.15. The highest BCUT2D eigenvalue weighted by molar-refractivity contribution is 6.00. The van der Waals surface area contributed by atoms with Crippen molar-refractivity contribution in [2.24, 2.45) is 5.10 Å². The number of carboxylic acids is 1. The first kappa shape index (κ1) is 20.2. The van der Waals surface area contributed by atoms with Gasteiger partial charge in [0.15, 0.2) is 0 Å². The van der Waals surface area contributed by atoms with Crippen LogP contribution in [0.3, 0.4) is 0 Å². The Balaban J connectivity index is 1.99. The quantitative estimate of drug-likeness (QED) is 0.626. The minimum absolute atomic E-state index is 0.0284. The molecule has 0 aliphatic heterocycles. The maximum absolute atomic E-state index is 12.2. The van der Waals surface area contributed by atoms with Crippen LogP contribution in [0, 0.1) is 0 Å². The van der Waals surface area contributed by atoms with Crippen LogP contribution < -0.4 is 15.3 Å². The molecule has 0 unspecified atom stereocenters. The van der Waals surface area contributed by atoms with Crippen LogP contribution >= 0.6 is 0 Å². The second kappa shape index (κ2) is 8.49. The molecule has 0 radical (unpaired) electrons. The molecule has 0 atom stereocenters. The van der Waals surface area contributed by atoms with Gasteiger partial charge in [0.05, 0.1) is 11.7 Å². The van der Waals surface area contributed by atoms with Gasteiger partial charge in [0.25, 0.3) is 5.91 Å². The predicted molar refractivity (Wildman–Crippen MR) is 102 cm³/mol. The zero-order chi connectivity index (χ0) is 20.0. The molecule has 0 spiro atoms. The number of amides is 1. The molecule has 0 aromatic heterocycles. The fourth-order valence-electron chi connectivity index (χ4n) is 2.32. The number of benzene rings is 2. The number of carbonyl (C=O) groups is 2. The van der Waals surface area contributed by atoms with Crippen LogP contribution in [0.25, 0.3) is 0 Å². The SMILES string of the molecule is C/C(=N/NC(=O)c1ccc(C(C)(C)C)cc1)c1ccc(OCC(=O)[O-])cc1. The number of hydrogen-bond donors (Lipinski definition) is 1. The fourth-order valence-corrected chi connectivity index (χ4v) is 2.32. The highest BCUT2D eigenvalue weighted by Gasteiger charge is 2.14. The Morgan fingerprint density at radius 2 is 1.56 bits per heavy atom. The Bertz CT molecular complexity index is 832. The third-order valence-corrected chi connectivity index (χ3v) is 3.97. The van der Waals surface area contributed by atoms with E-state index in [4.69, 9.17) is 4.74 Å². The van der Waals surface area contributed by atoms with Crippen molar-refractivity contribution in [3.63, 3.8) is 0 Å². The van der Waals surface area contributed by atoms with E-state index in [1.165, 1.54) is 0 Å². The minimum atomic E-state index is -1.28. The van der Waals surface area contributed by atoms with E-state index in [-0.39, 0.29) is 11.3 Å². The van der Waals surface area contributed by atoms with Gasteiger partial charge >= 0.3 is 0 Å². The summed E-state index contributed by atoms with van der Waals surface area (Å²) in [6, 6.07) is 14.2. The van der Waals surface area contributed by atoms with E-state index >= 15 is 0 Å². The Labute approximate surface area is 158 Å². The summed E-state index contributed by atoms with van der Waals surface area (Å²) in [5.41, 5.74) is 5.64. The van der Waals surface area contributed by atoms with Gasteiger partial charge in [0.1, 0.15) is 12.4 Å². The van der Waals surface area contributed by atoms with Gasteiger partial charge in [-0.05, 0) is 59.9 Å². The van der Waals surface area contributed by atoms with E-state index in [2.05, 4.69) is 31.3 Å². The van der Waals surface area contributed by atoms with Crippen LogP contribution in [-0.2, 0) is 10.2 Å². The Morgan fingerprint density at radius 1 is 1.00 bits per heavy atom. The molecule has 2 rings (SSSR count). The van der Waals surface area contributed by atoms with Gasteiger partial charge in [-0.15, -0.1) is 0 Å². The molecule has 0 fully saturated rings. The van der Waals surface area contributed by atoms with E-state index in [1.807, 2.05) is 12.1 Å². The summed E-state index contributed by atoms with van der Waals surface area (Å²) in [6.45, 7) is 7.61. The Kier molecular flexibility index (Phi) is 6.34. The maximum Gasteiger partial charge on any atom is 0.271 e. The lowest BCUT2D eigenvalue weighted by Crippen LogP contribution is -2.28. The van der Waals surface area contributed by atoms with Crippen LogP contribution in [0.15, 0.2) is 53.6 Å². The number of nitrogens with one attached hydrogen (secondary N) is 1. The number of hydrazone groups is 1. The molecule has 27 heavy (non-hydrogen) atoms. The summed E-state index contributed by atoms with van der Waals surface area (Å²) < 4.78 is 5.02. The summed E-state index contributed by atoms with van der Waals surface area (Å²) in [6.07, 6.45) is 0. The molecule has 142 valence electrons. The maximum atomic E-state index is 12.2. The number of aliphatic carboxylic acids is 1. The average molecular weight is 367 g/mol. The molecule has 0 heterocycles. The van der Waals surface area contributed by atoms with Crippen molar-refractivity contribution in [1.29, 1.82) is 0 Å². The molecule has 0 saturated carbocycles. The van der Waals surface area contributed by atoms with E-state index in [0.717, 1.165) is 11.1 Å². The number of carboxylic acid groups (broad SMARTS) is 1. The first-order valence-electron chi connectivity index (χ1n) is 8.55. The largest absolute Gasteiger partial charge is 0.546 e. The highest BCUT2D eigenvalue weighted by atomic mass is 16.5. The van der Waals surface area contributed by atoms with Gasteiger partial charge in [0.2, 0.25) is 0 Å². The van der Waals surface area contributed by atoms with Crippen LogP contribution in [-0.4, -0.2) is 24.2 Å². The van der Waals surface area contributed by atoms with Crippen LogP contribution in [0.5, 0.6) is 5.75 Å². The summed E-state index contributed by atoms with van der Waals surface area (Å²) in [5.74, 6) is -1.16. The van der Waals surface area contributed by atoms with E-state index in [1.54, 1.807) is 43.3 Å². The third kappa shape index (κ3) is 5.95. The Morgan fingerprint density at radius 3 is 2.07 bits per heavy atom. The van der Waals surface area contributed by atoms with Gasteiger partial charge in [-0.25, -0.2) is 5.43 Å². The summed E-state index contributed by atoms with van der Waals surface area (Å²) in [5, 5.41) is 14.5. The van der Waals surface area contributed by atoms with Crippen molar-refractivity contribution < 1.29 is 19.4 Å². The minimum Gasteiger partial charge on any atom is -0.546 e. The first-order chi connectivity index (χ1) is 12.7.